The summed E-state index contributed by atoms with van der Waals surface area (Å²) in [7, 11) is 0. The number of benzene rings is 2. The highest BCUT2D eigenvalue weighted by Crippen LogP contribution is 2.25. The Morgan fingerprint density at radius 2 is 1.93 bits per heavy atom. The van der Waals surface area contributed by atoms with Gasteiger partial charge in [0.05, 0.1) is 5.56 Å². The molecule has 1 aliphatic heterocycles. The first-order valence-electron chi connectivity index (χ1n) is 10.5. The van der Waals surface area contributed by atoms with Gasteiger partial charge in [0.2, 0.25) is 0 Å². The molecule has 1 aliphatic rings. The second kappa shape index (κ2) is 9.10. The van der Waals surface area contributed by atoms with Crippen LogP contribution >= 0.6 is 0 Å². The normalized spacial score (nSPS) is 16.7. The van der Waals surface area contributed by atoms with Gasteiger partial charge in [-0.2, -0.15) is 0 Å². The van der Waals surface area contributed by atoms with Crippen LogP contribution in [0.25, 0.3) is 16.5 Å². The van der Waals surface area contributed by atoms with Gasteiger partial charge in [-0.25, -0.2) is 4.79 Å². The van der Waals surface area contributed by atoms with E-state index >= 15 is 0 Å². The topological polar surface area (TPSA) is 65.1 Å². The standard InChI is InChI=1S/C25H28N2O2/c28-25(29)20-11-12-24-23(16-20)21(17-27-24)9-5-2-6-10-22-15-19(13-14-26-22)18-7-3-1-4-8-18/h1,3-4,7-8,11-13,16-17,22,26-27H,2,5-6,9-10,14-15H2,(H,28,29). The molecule has 0 bridgehead atoms. The summed E-state index contributed by atoms with van der Waals surface area (Å²) >= 11 is 0. The summed E-state index contributed by atoms with van der Waals surface area (Å²) < 4.78 is 0. The number of carboxylic acid groups (broad SMARTS) is 1. The minimum absolute atomic E-state index is 0.351. The van der Waals surface area contributed by atoms with Gasteiger partial charge in [0.25, 0.3) is 0 Å². The maximum atomic E-state index is 11.2. The third kappa shape index (κ3) is 4.77. The molecule has 4 heteroatoms. The van der Waals surface area contributed by atoms with E-state index in [4.69, 9.17) is 0 Å². The highest BCUT2D eigenvalue weighted by Gasteiger charge is 2.15. The number of carboxylic acids is 1. The largest absolute Gasteiger partial charge is 0.478 e. The molecule has 4 rings (SSSR count). The number of aromatic amines is 1. The van der Waals surface area contributed by atoms with Gasteiger partial charge in [-0.05, 0) is 60.6 Å². The lowest BCUT2D eigenvalue weighted by Gasteiger charge is -2.24. The Labute approximate surface area is 171 Å². The Kier molecular flexibility index (Phi) is 6.11. The molecular weight excluding hydrogens is 360 g/mol. The van der Waals surface area contributed by atoms with Gasteiger partial charge >= 0.3 is 5.97 Å². The summed E-state index contributed by atoms with van der Waals surface area (Å²) in [5.41, 5.74) is 5.38. The number of rotatable bonds is 8. The summed E-state index contributed by atoms with van der Waals surface area (Å²) in [6, 6.07) is 16.5. The van der Waals surface area contributed by atoms with E-state index in [1.165, 1.54) is 36.0 Å². The third-order valence-corrected chi connectivity index (χ3v) is 5.88. The number of fused-ring (bicyclic) bond motifs is 1. The quantitative estimate of drug-likeness (QED) is 0.452. The SMILES string of the molecule is O=C(O)c1ccc2[nH]cc(CCCCCC3CC(c4ccccc4)=CCN3)c2c1. The molecule has 1 aromatic heterocycles. The lowest BCUT2D eigenvalue weighted by atomic mass is 9.92. The number of unbranched alkanes of at least 4 members (excludes halogenated alkanes) is 2. The Bertz CT molecular complexity index is 1000. The van der Waals surface area contributed by atoms with Crippen molar-refractivity contribution >= 4 is 22.4 Å². The average Bonchev–Trinajstić information content (AvgIpc) is 3.16. The van der Waals surface area contributed by atoms with Crippen LogP contribution in [-0.2, 0) is 6.42 Å². The predicted molar refractivity (Wildman–Crippen MR) is 118 cm³/mol. The molecule has 0 aliphatic carbocycles. The molecule has 2 aromatic carbocycles. The second-order valence-corrected chi connectivity index (χ2v) is 7.88. The summed E-state index contributed by atoms with van der Waals surface area (Å²) in [6.45, 7) is 0.955. The molecule has 0 saturated heterocycles. The molecule has 29 heavy (non-hydrogen) atoms. The van der Waals surface area contributed by atoms with Crippen molar-refractivity contribution in [1.29, 1.82) is 0 Å². The number of nitrogens with one attached hydrogen (secondary N) is 2. The highest BCUT2D eigenvalue weighted by atomic mass is 16.4. The highest BCUT2D eigenvalue weighted by molar-refractivity contribution is 5.94. The van der Waals surface area contributed by atoms with Crippen LogP contribution < -0.4 is 5.32 Å². The molecule has 0 fully saturated rings. The van der Waals surface area contributed by atoms with Crippen LogP contribution in [0.15, 0.2) is 60.8 Å². The number of hydrogen-bond acceptors (Lipinski definition) is 2. The molecule has 150 valence electrons. The lowest BCUT2D eigenvalue weighted by molar-refractivity contribution is 0.0697. The van der Waals surface area contributed by atoms with Crippen molar-refractivity contribution in [3.05, 3.63) is 77.5 Å². The molecule has 1 unspecified atom stereocenters. The summed E-state index contributed by atoms with van der Waals surface area (Å²) in [4.78, 5) is 14.5. The van der Waals surface area contributed by atoms with E-state index in [1.807, 2.05) is 12.3 Å². The number of H-pyrrole nitrogens is 1. The van der Waals surface area contributed by atoms with Crippen molar-refractivity contribution in [2.45, 2.75) is 44.6 Å². The van der Waals surface area contributed by atoms with Gasteiger partial charge in [0, 0.05) is 29.7 Å². The Morgan fingerprint density at radius 1 is 1.07 bits per heavy atom. The van der Waals surface area contributed by atoms with E-state index in [-0.39, 0.29) is 0 Å². The van der Waals surface area contributed by atoms with Crippen LogP contribution in [0.2, 0.25) is 0 Å². The molecule has 0 amide bonds. The van der Waals surface area contributed by atoms with E-state index in [9.17, 15) is 9.90 Å². The zero-order valence-corrected chi connectivity index (χ0v) is 16.7. The van der Waals surface area contributed by atoms with Crippen LogP contribution in [0.5, 0.6) is 0 Å². The van der Waals surface area contributed by atoms with E-state index in [0.29, 0.717) is 11.6 Å². The molecule has 0 saturated carbocycles. The minimum atomic E-state index is -0.872. The number of aromatic nitrogens is 1. The maximum Gasteiger partial charge on any atom is 0.335 e. The van der Waals surface area contributed by atoms with Crippen molar-refractivity contribution in [3.63, 3.8) is 0 Å². The van der Waals surface area contributed by atoms with Crippen LogP contribution in [0.1, 0.15) is 53.6 Å². The smallest absolute Gasteiger partial charge is 0.335 e. The predicted octanol–water partition coefficient (Wildman–Crippen LogP) is 5.41. The monoisotopic (exact) mass is 388 g/mol. The summed E-state index contributed by atoms with van der Waals surface area (Å²) in [5.74, 6) is -0.872. The van der Waals surface area contributed by atoms with Gasteiger partial charge in [-0.15, -0.1) is 0 Å². The number of aromatic carboxylic acids is 1. The molecular formula is C25H28N2O2. The zero-order valence-electron chi connectivity index (χ0n) is 16.7. The molecule has 3 N–H and O–H groups in total. The Morgan fingerprint density at radius 3 is 2.76 bits per heavy atom. The first-order valence-corrected chi connectivity index (χ1v) is 10.5. The van der Waals surface area contributed by atoms with E-state index in [0.717, 1.165) is 36.7 Å². The van der Waals surface area contributed by atoms with Gasteiger partial charge in [0.15, 0.2) is 0 Å². The van der Waals surface area contributed by atoms with Gasteiger partial charge < -0.3 is 15.4 Å². The number of hydrogen-bond donors (Lipinski definition) is 3. The van der Waals surface area contributed by atoms with E-state index in [1.54, 1.807) is 12.1 Å². The second-order valence-electron chi connectivity index (χ2n) is 7.88. The third-order valence-electron chi connectivity index (χ3n) is 5.88. The molecule has 0 radical (unpaired) electrons. The van der Waals surface area contributed by atoms with Crippen molar-refractivity contribution < 1.29 is 9.90 Å². The summed E-state index contributed by atoms with van der Waals surface area (Å²) in [5, 5.41) is 13.9. The minimum Gasteiger partial charge on any atom is -0.478 e. The van der Waals surface area contributed by atoms with E-state index in [2.05, 4.69) is 46.7 Å². The molecule has 1 atom stereocenters. The molecule has 2 heterocycles. The Hall–Kier alpha value is -2.85. The van der Waals surface area contributed by atoms with Crippen LogP contribution in [0.4, 0.5) is 0 Å². The van der Waals surface area contributed by atoms with Gasteiger partial charge in [-0.3, -0.25) is 0 Å². The van der Waals surface area contributed by atoms with Crippen LogP contribution in [0.3, 0.4) is 0 Å². The molecule has 4 nitrogen and oxygen atoms in total. The first-order chi connectivity index (χ1) is 14.2. The van der Waals surface area contributed by atoms with Crippen LogP contribution in [-0.4, -0.2) is 28.6 Å². The number of carbonyl (C=O) groups is 1. The van der Waals surface area contributed by atoms with Crippen molar-refractivity contribution in [3.8, 4) is 0 Å². The average molecular weight is 389 g/mol. The van der Waals surface area contributed by atoms with Crippen molar-refractivity contribution in [2.24, 2.45) is 0 Å². The number of aryl methyl sites for hydroxylation is 1. The Balaban J connectivity index is 1.24. The van der Waals surface area contributed by atoms with E-state index < -0.39 is 5.97 Å². The molecule has 3 aromatic rings. The lowest BCUT2D eigenvalue weighted by Crippen LogP contribution is -2.32. The first kappa shape index (κ1) is 19.5. The maximum absolute atomic E-state index is 11.2. The van der Waals surface area contributed by atoms with Gasteiger partial charge in [0.1, 0.15) is 0 Å². The summed E-state index contributed by atoms with van der Waals surface area (Å²) in [6.07, 6.45) is 11.1. The van der Waals surface area contributed by atoms with Crippen molar-refractivity contribution in [2.75, 3.05) is 6.54 Å². The molecule has 0 spiro atoms. The fraction of sp³-hybridized carbons (Fsp3) is 0.320. The van der Waals surface area contributed by atoms with Crippen LogP contribution in [0, 0.1) is 0 Å². The zero-order chi connectivity index (χ0) is 20.1. The fourth-order valence-electron chi connectivity index (χ4n) is 4.26. The van der Waals surface area contributed by atoms with Crippen molar-refractivity contribution in [1.82, 2.24) is 10.3 Å². The van der Waals surface area contributed by atoms with Gasteiger partial charge in [-0.1, -0.05) is 49.2 Å². The fourth-order valence-corrected chi connectivity index (χ4v) is 4.26.